The van der Waals surface area contributed by atoms with E-state index >= 15 is 0 Å². The van der Waals surface area contributed by atoms with E-state index in [2.05, 4.69) is 10.6 Å². The van der Waals surface area contributed by atoms with Crippen LogP contribution in [-0.4, -0.2) is 23.5 Å². The molecule has 0 unspecified atom stereocenters. The van der Waals surface area contributed by atoms with Crippen LogP contribution in [-0.2, 0) is 0 Å². The summed E-state index contributed by atoms with van der Waals surface area (Å²) in [6, 6.07) is 13.9. The van der Waals surface area contributed by atoms with E-state index in [1.807, 2.05) is 36.4 Å². The monoisotopic (exact) mass is 354 g/mol. The van der Waals surface area contributed by atoms with Gasteiger partial charge >= 0.3 is 6.03 Å². The second-order valence-corrected chi connectivity index (χ2v) is 6.73. The van der Waals surface area contributed by atoms with Gasteiger partial charge in [0.05, 0.1) is 12.6 Å². The number of benzene rings is 2. The maximum atomic E-state index is 12.3. The Hall–Kier alpha value is -2.73. The van der Waals surface area contributed by atoms with E-state index in [4.69, 9.17) is 9.47 Å². The highest BCUT2D eigenvalue weighted by molar-refractivity contribution is 5.90. The number of urea groups is 1. The molecule has 1 fully saturated rings. The molecule has 1 heterocycles. The lowest BCUT2D eigenvalue weighted by atomic mass is 10.1. The molecule has 6 heteroatoms. The number of nitrogens with one attached hydrogen (secondary N) is 2. The van der Waals surface area contributed by atoms with Crippen molar-refractivity contribution in [2.24, 2.45) is 0 Å². The van der Waals surface area contributed by atoms with E-state index in [1.165, 1.54) is 0 Å². The van der Waals surface area contributed by atoms with Gasteiger partial charge in [0.1, 0.15) is 0 Å². The summed E-state index contributed by atoms with van der Waals surface area (Å²) in [5.41, 5.74) is 1.46. The minimum atomic E-state index is -0.515. The van der Waals surface area contributed by atoms with Crippen LogP contribution in [0.1, 0.15) is 37.3 Å². The van der Waals surface area contributed by atoms with Crippen LogP contribution in [0.25, 0.3) is 0 Å². The van der Waals surface area contributed by atoms with Crippen molar-refractivity contribution in [3.8, 4) is 11.5 Å². The second kappa shape index (κ2) is 6.88. The van der Waals surface area contributed by atoms with E-state index < -0.39 is 11.8 Å². The zero-order valence-electron chi connectivity index (χ0n) is 14.4. The molecule has 0 saturated heterocycles. The summed E-state index contributed by atoms with van der Waals surface area (Å²) in [6.45, 7) is -0.179. The number of fused-ring (bicyclic) bond motifs is 1. The molecule has 2 aliphatic rings. The molecule has 1 spiro atoms. The number of hydrogen-bond donors (Lipinski definition) is 3. The van der Waals surface area contributed by atoms with Crippen LogP contribution in [0, 0.1) is 0 Å². The molecule has 2 aromatic rings. The minimum absolute atomic E-state index is 0.179. The summed E-state index contributed by atoms with van der Waals surface area (Å²) < 4.78 is 12.0. The Morgan fingerprint density at radius 2 is 1.81 bits per heavy atom. The molecule has 136 valence electrons. The van der Waals surface area contributed by atoms with Crippen molar-refractivity contribution in [1.82, 2.24) is 5.32 Å². The Kier molecular flexibility index (Phi) is 4.42. The summed E-state index contributed by atoms with van der Waals surface area (Å²) in [5.74, 6) is 0.861. The van der Waals surface area contributed by atoms with Gasteiger partial charge in [-0.15, -0.1) is 0 Å². The maximum absolute atomic E-state index is 12.3. The maximum Gasteiger partial charge on any atom is 0.319 e. The van der Waals surface area contributed by atoms with E-state index in [-0.39, 0.29) is 12.6 Å². The number of hydrogen-bond acceptors (Lipinski definition) is 4. The first-order valence-electron chi connectivity index (χ1n) is 8.93. The molecule has 1 aliphatic carbocycles. The molecule has 26 heavy (non-hydrogen) atoms. The lowest BCUT2D eigenvalue weighted by Crippen LogP contribution is -2.34. The van der Waals surface area contributed by atoms with Crippen LogP contribution in [0.4, 0.5) is 10.5 Å². The van der Waals surface area contributed by atoms with Gasteiger partial charge in [0.25, 0.3) is 5.79 Å². The van der Waals surface area contributed by atoms with Gasteiger partial charge in [-0.1, -0.05) is 30.3 Å². The molecule has 0 aromatic heterocycles. The fraction of sp³-hybridized carbons (Fsp3) is 0.350. The van der Waals surface area contributed by atoms with Gasteiger partial charge < -0.3 is 25.2 Å². The van der Waals surface area contributed by atoms with E-state index in [0.29, 0.717) is 11.4 Å². The number of carbonyl (C=O) groups is 1. The molecule has 0 bridgehead atoms. The van der Waals surface area contributed by atoms with Crippen molar-refractivity contribution in [2.45, 2.75) is 37.5 Å². The van der Waals surface area contributed by atoms with E-state index in [1.54, 1.807) is 12.1 Å². The van der Waals surface area contributed by atoms with Crippen molar-refractivity contribution in [3.63, 3.8) is 0 Å². The Morgan fingerprint density at radius 1 is 1.08 bits per heavy atom. The fourth-order valence-corrected chi connectivity index (χ4v) is 3.53. The van der Waals surface area contributed by atoms with Gasteiger partial charge in [-0.3, -0.25) is 0 Å². The Labute approximate surface area is 152 Å². The molecule has 0 radical (unpaired) electrons. The number of ether oxygens (including phenoxy) is 2. The highest BCUT2D eigenvalue weighted by Crippen LogP contribution is 2.47. The molecule has 2 aromatic carbocycles. The van der Waals surface area contributed by atoms with Crippen molar-refractivity contribution < 1.29 is 19.4 Å². The predicted molar refractivity (Wildman–Crippen MR) is 97.3 cm³/mol. The first kappa shape index (κ1) is 16.7. The topological polar surface area (TPSA) is 79.8 Å². The van der Waals surface area contributed by atoms with Crippen molar-refractivity contribution in [2.75, 3.05) is 11.9 Å². The molecule has 4 rings (SSSR count). The Balaban J connectivity index is 1.41. The SMILES string of the molecule is O=C(Nc1ccc2c(c1)OC1(CCCC1)O2)N[C@H](CO)c1ccccc1. The smallest absolute Gasteiger partial charge is 0.319 e. The first-order chi connectivity index (χ1) is 12.7. The molecule has 1 atom stereocenters. The van der Waals surface area contributed by atoms with Crippen molar-refractivity contribution >= 4 is 11.7 Å². The lowest BCUT2D eigenvalue weighted by Gasteiger charge is -2.21. The van der Waals surface area contributed by atoms with E-state index in [9.17, 15) is 9.90 Å². The Morgan fingerprint density at radius 3 is 2.54 bits per heavy atom. The zero-order valence-corrected chi connectivity index (χ0v) is 14.4. The normalized spacial score (nSPS) is 17.9. The van der Waals surface area contributed by atoms with Crippen molar-refractivity contribution in [3.05, 3.63) is 54.1 Å². The van der Waals surface area contributed by atoms with Gasteiger partial charge in [-0.05, 0) is 30.5 Å². The summed E-state index contributed by atoms with van der Waals surface area (Å²) in [6.07, 6.45) is 3.98. The highest BCUT2D eigenvalue weighted by atomic mass is 16.7. The third kappa shape index (κ3) is 3.32. The van der Waals surface area contributed by atoms with Crippen LogP contribution >= 0.6 is 0 Å². The largest absolute Gasteiger partial charge is 0.448 e. The number of anilines is 1. The summed E-state index contributed by atoms with van der Waals surface area (Å²) in [4.78, 5) is 12.3. The third-order valence-corrected chi connectivity index (χ3v) is 4.85. The predicted octanol–water partition coefficient (Wildman–Crippen LogP) is 3.58. The average Bonchev–Trinajstić information content (AvgIpc) is 3.26. The minimum Gasteiger partial charge on any atom is -0.448 e. The summed E-state index contributed by atoms with van der Waals surface area (Å²) in [5, 5.41) is 15.1. The van der Waals surface area contributed by atoms with Gasteiger partial charge in [0.15, 0.2) is 11.5 Å². The average molecular weight is 354 g/mol. The van der Waals surface area contributed by atoms with Gasteiger partial charge in [0.2, 0.25) is 0 Å². The quantitative estimate of drug-likeness (QED) is 0.784. The number of aliphatic hydroxyl groups is 1. The van der Waals surface area contributed by atoms with Crippen molar-refractivity contribution in [1.29, 1.82) is 0 Å². The highest BCUT2D eigenvalue weighted by Gasteiger charge is 2.44. The third-order valence-electron chi connectivity index (χ3n) is 4.85. The second-order valence-electron chi connectivity index (χ2n) is 6.73. The summed E-state index contributed by atoms with van der Waals surface area (Å²) in [7, 11) is 0. The van der Waals surface area contributed by atoms with Crippen LogP contribution < -0.4 is 20.1 Å². The molecule has 3 N–H and O–H groups in total. The van der Waals surface area contributed by atoms with Crippen LogP contribution in [0.5, 0.6) is 11.5 Å². The van der Waals surface area contributed by atoms with Crippen LogP contribution in [0.3, 0.4) is 0 Å². The molecular weight excluding hydrogens is 332 g/mol. The summed E-state index contributed by atoms with van der Waals surface area (Å²) >= 11 is 0. The number of amides is 2. The fourth-order valence-electron chi connectivity index (χ4n) is 3.53. The molecule has 6 nitrogen and oxygen atoms in total. The Bertz CT molecular complexity index is 788. The molecule has 1 saturated carbocycles. The van der Waals surface area contributed by atoms with Gasteiger partial charge in [0, 0.05) is 24.6 Å². The molecular formula is C20H22N2O4. The van der Waals surface area contributed by atoms with Crippen LogP contribution in [0.2, 0.25) is 0 Å². The van der Waals surface area contributed by atoms with Gasteiger partial charge in [-0.2, -0.15) is 0 Å². The number of aliphatic hydroxyl groups excluding tert-OH is 1. The molecule has 1 aliphatic heterocycles. The molecule has 2 amide bonds. The van der Waals surface area contributed by atoms with E-state index in [0.717, 1.165) is 37.0 Å². The first-order valence-corrected chi connectivity index (χ1v) is 8.93. The van der Waals surface area contributed by atoms with Gasteiger partial charge in [-0.25, -0.2) is 4.79 Å². The number of rotatable bonds is 4. The lowest BCUT2D eigenvalue weighted by molar-refractivity contribution is -0.0716. The standard InChI is InChI=1S/C20H22N2O4/c23-13-16(14-6-2-1-3-7-14)22-19(24)21-15-8-9-17-18(12-15)26-20(25-17)10-4-5-11-20/h1-3,6-9,12,16,23H,4-5,10-11,13H2,(H2,21,22,24)/t16-/m1/s1. The number of carbonyl (C=O) groups excluding carboxylic acids is 1. The zero-order chi connectivity index (χ0) is 18.0. The van der Waals surface area contributed by atoms with Crippen LogP contribution in [0.15, 0.2) is 48.5 Å².